The molecule has 0 atom stereocenters. The molecule has 1 aromatic heterocycles. The average Bonchev–Trinajstić information content (AvgIpc) is 2.98. The van der Waals surface area contributed by atoms with E-state index in [4.69, 9.17) is 4.42 Å². The zero-order valence-corrected chi connectivity index (χ0v) is 13.3. The summed E-state index contributed by atoms with van der Waals surface area (Å²) in [7, 11) is 0. The summed E-state index contributed by atoms with van der Waals surface area (Å²) >= 11 is 0. The second kappa shape index (κ2) is 7.89. The molecule has 1 heterocycles. The van der Waals surface area contributed by atoms with Crippen LogP contribution in [0.3, 0.4) is 0 Å². The van der Waals surface area contributed by atoms with Gasteiger partial charge in [-0.3, -0.25) is 0 Å². The summed E-state index contributed by atoms with van der Waals surface area (Å²) < 4.78 is 5.48. The molecule has 0 saturated carbocycles. The van der Waals surface area contributed by atoms with E-state index < -0.39 is 0 Å². The first-order chi connectivity index (χ1) is 10.2. The van der Waals surface area contributed by atoms with Crippen LogP contribution in [0, 0.1) is 5.92 Å². The van der Waals surface area contributed by atoms with Crippen molar-refractivity contribution in [2.75, 3.05) is 18.0 Å². The molecule has 0 bridgehead atoms. The van der Waals surface area contributed by atoms with Gasteiger partial charge in [-0.15, -0.1) is 0 Å². The van der Waals surface area contributed by atoms with Crippen LogP contribution in [0.25, 0.3) is 0 Å². The van der Waals surface area contributed by atoms with Gasteiger partial charge in [-0.25, -0.2) is 0 Å². The Morgan fingerprint density at radius 2 is 1.95 bits per heavy atom. The third-order valence-electron chi connectivity index (χ3n) is 3.51. The molecule has 2 aromatic rings. The van der Waals surface area contributed by atoms with Crippen molar-refractivity contribution >= 4 is 5.69 Å². The summed E-state index contributed by atoms with van der Waals surface area (Å²) in [6.45, 7) is 10.4. The van der Waals surface area contributed by atoms with Crippen LogP contribution in [0.5, 0.6) is 0 Å². The van der Waals surface area contributed by atoms with E-state index in [1.165, 1.54) is 11.3 Å². The molecule has 114 valence electrons. The van der Waals surface area contributed by atoms with Crippen LogP contribution < -0.4 is 10.2 Å². The molecule has 0 fully saturated rings. The Balaban J connectivity index is 2.09. The number of anilines is 1. The van der Waals surface area contributed by atoms with Gasteiger partial charge in [0.2, 0.25) is 0 Å². The van der Waals surface area contributed by atoms with Crippen molar-refractivity contribution in [2.45, 2.75) is 33.9 Å². The Hall–Kier alpha value is -1.74. The van der Waals surface area contributed by atoms with Gasteiger partial charge in [0.25, 0.3) is 0 Å². The van der Waals surface area contributed by atoms with E-state index in [1.807, 2.05) is 12.1 Å². The summed E-state index contributed by atoms with van der Waals surface area (Å²) in [6, 6.07) is 12.6. The smallest absolute Gasteiger partial charge is 0.123 e. The lowest BCUT2D eigenvalue weighted by Gasteiger charge is -2.25. The lowest BCUT2D eigenvalue weighted by molar-refractivity contribution is 0.503. The number of hydrogen-bond acceptors (Lipinski definition) is 3. The highest BCUT2D eigenvalue weighted by Crippen LogP contribution is 2.22. The lowest BCUT2D eigenvalue weighted by Crippen LogP contribution is -2.25. The van der Waals surface area contributed by atoms with Gasteiger partial charge in [0, 0.05) is 18.8 Å². The predicted molar refractivity (Wildman–Crippen MR) is 88.4 cm³/mol. The Bertz CT molecular complexity index is 520. The van der Waals surface area contributed by atoms with Crippen LogP contribution in [-0.2, 0) is 13.1 Å². The maximum absolute atomic E-state index is 5.48. The van der Waals surface area contributed by atoms with Crippen molar-refractivity contribution in [3.05, 3.63) is 54.0 Å². The molecule has 0 unspecified atom stereocenters. The quantitative estimate of drug-likeness (QED) is 0.793. The lowest BCUT2D eigenvalue weighted by atomic mass is 10.1. The number of nitrogens with one attached hydrogen (secondary N) is 1. The van der Waals surface area contributed by atoms with Gasteiger partial charge >= 0.3 is 0 Å². The molecule has 0 aliphatic carbocycles. The Kier molecular flexibility index (Phi) is 5.88. The molecule has 0 aliphatic heterocycles. The fraction of sp³-hybridized carbons (Fsp3) is 0.444. The minimum atomic E-state index is 0.669. The van der Waals surface area contributed by atoms with E-state index in [2.05, 4.69) is 55.3 Å². The van der Waals surface area contributed by atoms with Crippen LogP contribution in [0.2, 0.25) is 0 Å². The molecule has 3 heteroatoms. The molecular weight excluding hydrogens is 260 g/mol. The summed E-state index contributed by atoms with van der Waals surface area (Å²) in [6.07, 6.45) is 1.74. The van der Waals surface area contributed by atoms with Crippen molar-refractivity contribution in [1.82, 2.24) is 5.32 Å². The highest BCUT2D eigenvalue weighted by Gasteiger charge is 2.11. The third-order valence-corrected chi connectivity index (χ3v) is 3.51. The van der Waals surface area contributed by atoms with Gasteiger partial charge in [0.1, 0.15) is 5.76 Å². The monoisotopic (exact) mass is 286 g/mol. The Morgan fingerprint density at radius 3 is 2.62 bits per heavy atom. The first kappa shape index (κ1) is 15.6. The molecule has 0 aliphatic rings. The summed E-state index contributed by atoms with van der Waals surface area (Å²) in [5, 5.41) is 3.53. The highest BCUT2D eigenvalue weighted by molar-refractivity contribution is 5.53. The fourth-order valence-electron chi connectivity index (χ4n) is 2.42. The van der Waals surface area contributed by atoms with Gasteiger partial charge in [-0.05, 0) is 43.1 Å². The van der Waals surface area contributed by atoms with Crippen LogP contribution in [0.4, 0.5) is 5.69 Å². The van der Waals surface area contributed by atoms with E-state index in [0.29, 0.717) is 5.92 Å². The molecular formula is C18H26N2O. The normalized spacial score (nSPS) is 11.0. The van der Waals surface area contributed by atoms with E-state index >= 15 is 0 Å². The minimum Gasteiger partial charge on any atom is -0.467 e. The molecule has 0 amide bonds. The summed E-state index contributed by atoms with van der Waals surface area (Å²) in [5.41, 5.74) is 2.62. The fourth-order valence-corrected chi connectivity index (χ4v) is 2.42. The number of hydrogen-bond donors (Lipinski definition) is 1. The SMILES string of the molecule is CCN(Cc1ccco1)c1ccccc1CNCC(C)C. The third kappa shape index (κ3) is 4.64. The summed E-state index contributed by atoms with van der Waals surface area (Å²) in [5.74, 6) is 1.67. The Labute approximate surface area is 128 Å². The number of furan rings is 1. The topological polar surface area (TPSA) is 28.4 Å². The average molecular weight is 286 g/mol. The van der Waals surface area contributed by atoms with Crippen molar-refractivity contribution in [1.29, 1.82) is 0 Å². The molecule has 2 rings (SSSR count). The molecule has 21 heavy (non-hydrogen) atoms. The maximum atomic E-state index is 5.48. The zero-order valence-electron chi connectivity index (χ0n) is 13.3. The highest BCUT2D eigenvalue weighted by atomic mass is 16.3. The van der Waals surface area contributed by atoms with Crippen molar-refractivity contribution in [3.8, 4) is 0 Å². The van der Waals surface area contributed by atoms with Crippen molar-refractivity contribution in [2.24, 2.45) is 5.92 Å². The molecule has 0 saturated heterocycles. The van der Waals surface area contributed by atoms with Crippen molar-refractivity contribution < 1.29 is 4.42 Å². The first-order valence-corrected chi connectivity index (χ1v) is 7.76. The number of rotatable bonds is 8. The standard InChI is InChI=1S/C18H26N2O/c1-4-20(14-17-9-7-11-21-17)18-10-6-5-8-16(18)13-19-12-15(2)3/h5-11,15,19H,4,12-14H2,1-3H3. The second-order valence-electron chi connectivity index (χ2n) is 5.75. The van der Waals surface area contributed by atoms with Crippen LogP contribution in [0.1, 0.15) is 32.1 Å². The second-order valence-corrected chi connectivity index (χ2v) is 5.75. The molecule has 3 nitrogen and oxygen atoms in total. The number of benzene rings is 1. The Morgan fingerprint density at radius 1 is 1.14 bits per heavy atom. The largest absolute Gasteiger partial charge is 0.467 e. The number of para-hydroxylation sites is 1. The first-order valence-electron chi connectivity index (χ1n) is 7.76. The van der Waals surface area contributed by atoms with E-state index in [0.717, 1.165) is 31.9 Å². The summed E-state index contributed by atoms with van der Waals surface area (Å²) in [4.78, 5) is 2.35. The van der Waals surface area contributed by atoms with Crippen LogP contribution >= 0.6 is 0 Å². The van der Waals surface area contributed by atoms with Crippen LogP contribution in [0.15, 0.2) is 47.1 Å². The predicted octanol–water partition coefficient (Wildman–Crippen LogP) is 4.05. The van der Waals surface area contributed by atoms with E-state index in [9.17, 15) is 0 Å². The van der Waals surface area contributed by atoms with Gasteiger partial charge < -0.3 is 14.6 Å². The number of nitrogens with zero attached hydrogens (tertiary/aromatic N) is 1. The minimum absolute atomic E-state index is 0.669. The molecule has 0 radical (unpaired) electrons. The van der Waals surface area contributed by atoms with Gasteiger partial charge in [0.05, 0.1) is 12.8 Å². The van der Waals surface area contributed by atoms with E-state index in [1.54, 1.807) is 6.26 Å². The maximum Gasteiger partial charge on any atom is 0.123 e. The van der Waals surface area contributed by atoms with Crippen LogP contribution in [-0.4, -0.2) is 13.1 Å². The van der Waals surface area contributed by atoms with Crippen molar-refractivity contribution in [3.63, 3.8) is 0 Å². The van der Waals surface area contributed by atoms with Gasteiger partial charge in [-0.1, -0.05) is 32.0 Å². The molecule has 0 spiro atoms. The molecule has 1 aromatic carbocycles. The van der Waals surface area contributed by atoms with Gasteiger partial charge in [-0.2, -0.15) is 0 Å². The molecule has 1 N–H and O–H groups in total. The van der Waals surface area contributed by atoms with Gasteiger partial charge in [0.15, 0.2) is 0 Å². The zero-order chi connectivity index (χ0) is 15.1. The van der Waals surface area contributed by atoms with E-state index in [-0.39, 0.29) is 0 Å².